The van der Waals surface area contributed by atoms with Crippen LogP contribution in [-0.4, -0.2) is 16.6 Å². The maximum Gasteiger partial charge on any atom is 0.173 e. The Morgan fingerprint density at radius 2 is 2.10 bits per heavy atom. The molecule has 0 unspecified atom stereocenters. The van der Waals surface area contributed by atoms with Crippen LogP contribution >= 0.6 is 23.8 Å². The lowest BCUT2D eigenvalue weighted by atomic mass is 10.3. The molecular weight excluding hydrogens is 306 g/mol. The SMILES string of the molecule is N#CCCN(Cc1ccco1)C(=S)Nc1ccc(Cl)cc1. The molecule has 0 aliphatic rings. The highest BCUT2D eigenvalue weighted by molar-refractivity contribution is 7.80. The van der Waals surface area contributed by atoms with Gasteiger partial charge in [0.15, 0.2) is 5.11 Å². The van der Waals surface area contributed by atoms with Gasteiger partial charge in [-0.1, -0.05) is 11.6 Å². The molecule has 0 atom stereocenters. The van der Waals surface area contributed by atoms with Crippen LogP contribution in [0.2, 0.25) is 5.02 Å². The van der Waals surface area contributed by atoms with E-state index in [0.717, 1.165) is 11.4 Å². The maximum absolute atomic E-state index is 8.76. The first kappa shape index (κ1) is 15.4. The van der Waals surface area contributed by atoms with Gasteiger partial charge in [-0.2, -0.15) is 5.26 Å². The Morgan fingerprint density at radius 1 is 1.33 bits per heavy atom. The van der Waals surface area contributed by atoms with Gasteiger partial charge in [-0.05, 0) is 48.6 Å². The van der Waals surface area contributed by atoms with Crippen LogP contribution in [0.5, 0.6) is 0 Å². The predicted octanol–water partition coefficient (Wildman–Crippen LogP) is 4.05. The van der Waals surface area contributed by atoms with E-state index in [0.29, 0.717) is 29.6 Å². The van der Waals surface area contributed by atoms with Crippen molar-refractivity contribution in [3.63, 3.8) is 0 Å². The summed E-state index contributed by atoms with van der Waals surface area (Å²) in [4.78, 5) is 1.89. The molecule has 0 bridgehead atoms. The number of hydrogen-bond acceptors (Lipinski definition) is 3. The quantitative estimate of drug-likeness (QED) is 0.843. The lowest BCUT2D eigenvalue weighted by molar-refractivity contribution is 0.371. The minimum absolute atomic E-state index is 0.392. The minimum Gasteiger partial charge on any atom is -0.467 e. The van der Waals surface area contributed by atoms with Gasteiger partial charge in [0.05, 0.1) is 25.3 Å². The normalized spacial score (nSPS) is 9.90. The number of benzene rings is 1. The van der Waals surface area contributed by atoms with Crippen LogP contribution in [0.15, 0.2) is 47.1 Å². The summed E-state index contributed by atoms with van der Waals surface area (Å²) in [6, 6.07) is 13.1. The smallest absolute Gasteiger partial charge is 0.173 e. The second-order valence-corrected chi connectivity index (χ2v) is 5.17. The first-order valence-electron chi connectivity index (χ1n) is 6.40. The highest BCUT2D eigenvalue weighted by Gasteiger charge is 2.12. The van der Waals surface area contributed by atoms with Crippen LogP contribution in [0.1, 0.15) is 12.2 Å². The number of nitrogens with zero attached hydrogens (tertiary/aromatic N) is 2. The molecule has 2 aromatic rings. The molecule has 0 radical (unpaired) electrons. The molecule has 0 aliphatic heterocycles. The fraction of sp³-hybridized carbons (Fsp3) is 0.200. The molecule has 0 spiro atoms. The molecule has 0 aliphatic carbocycles. The molecule has 1 aromatic heterocycles. The summed E-state index contributed by atoms with van der Waals surface area (Å²) in [5, 5.41) is 13.1. The number of nitrogens with one attached hydrogen (secondary N) is 1. The molecule has 4 nitrogen and oxygen atoms in total. The molecular formula is C15H14ClN3OS. The number of hydrogen-bond donors (Lipinski definition) is 1. The van der Waals surface area contributed by atoms with Gasteiger partial charge in [0.2, 0.25) is 0 Å². The molecule has 0 saturated heterocycles. The van der Waals surface area contributed by atoms with Gasteiger partial charge in [0, 0.05) is 17.3 Å². The van der Waals surface area contributed by atoms with Gasteiger partial charge in [-0.25, -0.2) is 0 Å². The van der Waals surface area contributed by atoms with E-state index in [1.807, 2.05) is 29.2 Å². The summed E-state index contributed by atoms with van der Waals surface area (Å²) in [6.45, 7) is 1.06. The Hall–Kier alpha value is -2.03. The maximum atomic E-state index is 8.76. The lowest BCUT2D eigenvalue weighted by Gasteiger charge is -2.24. The van der Waals surface area contributed by atoms with E-state index in [1.54, 1.807) is 18.4 Å². The van der Waals surface area contributed by atoms with E-state index in [2.05, 4.69) is 11.4 Å². The largest absolute Gasteiger partial charge is 0.467 e. The summed E-state index contributed by atoms with van der Waals surface area (Å²) < 4.78 is 5.33. The standard InChI is InChI=1S/C15H14ClN3OS/c16-12-4-6-13(7-5-12)18-15(21)19(9-2-8-17)11-14-3-1-10-20-14/h1,3-7,10H,2,9,11H2,(H,18,21). The molecule has 6 heteroatoms. The first-order chi connectivity index (χ1) is 10.2. The van der Waals surface area contributed by atoms with Crippen LogP contribution in [0.4, 0.5) is 5.69 Å². The van der Waals surface area contributed by atoms with Crippen molar-refractivity contribution < 1.29 is 4.42 Å². The second-order valence-electron chi connectivity index (χ2n) is 4.35. The molecule has 21 heavy (non-hydrogen) atoms. The fourth-order valence-corrected chi connectivity index (χ4v) is 2.16. The number of rotatable bonds is 5. The van der Waals surface area contributed by atoms with Crippen LogP contribution in [-0.2, 0) is 6.54 Å². The van der Waals surface area contributed by atoms with Crippen molar-refractivity contribution in [2.75, 3.05) is 11.9 Å². The van der Waals surface area contributed by atoms with E-state index >= 15 is 0 Å². The van der Waals surface area contributed by atoms with Gasteiger partial charge in [0.1, 0.15) is 5.76 Å². The summed E-state index contributed by atoms with van der Waals surface area (Å²) in [6.07, 6.45) is 2.01. The van der Waals surface area contributed by atoms with E-state index in [1.165, 1.54) is 0 Å². The summed E-state index contributed by atoms with van der Waals surface area (Å²) >= 11 is 11.3. The highest BCUT2D eigenvalue weighted by atomic mass is 35.5. The zero-order chi connectivity index (χ0) is 15.1. The third kappa shape index (κ3) is 4.78. The Morgan fingerprint density at radius 3 is 2.71 bits per heavy atom. The topological polar surface area (TPSA) is 52.2 Å². The first-order valence-corrected chi connectivity index (χ1v) is 7.18. The zero-order valence-corrected chi connectivity index (χ0v) is 12.8. The molecule has 0 saturated carbocycles. The van der Waals surface area contributed by atoms with Crippen molar-refractivity contribution in [3.8, 4) is 6.07 Å². The zero-order valence-electron chi connectivity index (χ0n) is 11.3. The second kappa shape index (κ2) is 7.67. The average molecular weight is 320 g/mol. The van der Waals surface area contributed by atoms with Crippen LogP contribution in [0.25, 0.3) is 0 Å². The molecule has 108 valence electrons. The van der Waals surface area contributed by atoms with Crippen molar-refractivity contribution in [1.82, 2.24) is 4.90 Å². The van der Waals surface area contributed by atoms with Crippen LogP contribution in [0.3, 0.4) is 0 Å². The van der Waals surface area contributed by atoms with Crippen molar-refractivity contribution in [3.05, 3.63) is 53.4 Å². The Balaban J connectivity index is 2.02. The summed E-state index contributed by atoms with van der Waals surface area (Å²) in [5.74, 6) is 0.799. The van der Waals surface area contributed by atoms with E-state index in [-0.39, 0.29) is 0 Å². The van der Waals surface area contributed by atoms with Gasteiger partial charge >= 0.3 is 0 Å². The van der Waals surface area contributed by atoms with Crippen LogP contribution in [0, 0.1) is 11.3 Å². The van der Waals surface area contributed by atoms with E-state index in [4.69, 9.17) is 33.5 Å². The van der Waals surface area contributed by atoms with Gasteiger partial charge in [-0.3, -0.25) is 0 Å². The van der Waals surface area contributed by atoms with Crippen molar-refractivity contribution >= 4 is 34.6 Å². The van der Waals surface area contributed by atoms with Crippen molar-refractivity contribution in [1.29, 1.82) is 5.26 Å². The molecule has 2 rings (SSSR count). The van der Waals surface area contributed by atoms with Gasteiger partial charge in [-0.15, -0.1) is 0 Å². The number of thiocarbonyl (C=S) groups is 1. The van der Waals surface area contributed by atoms with E-state index < -0.39 is 0 Å². The number of halogens is 1. The Kier molecular flexibility index (Phi) is 5.61. The molecule has 0 amide bonds. The molecule has 0 fully saturated rings. The summed E-state index contributed by atoms with van der Waals surface area (Å²) in [7, 11) is 0. The number of anilines is 1. The number of nitriles is 1. The Labute approximate surface area is 133 Å². The predicted molar refractivity (Wildman–Crippen MR) is 87.0 cm³/mol. The van der Waals surface area contributed by atoms with Gasteiger partial charge in [0.25, 0.3) is 0 Å². The lowest BCUT2D eigenvalue weighted by Crippen LogP contribution is -2.34. The van der Waals surface area contributed by atoms with Crippen LogP contribution < -0.4 is 5.32 Å². The highest BCUT2D eigenvalue weighted by Crippen LogP contribution is 2.15. The minimum atomic E-state index is 0.392. The molecule has 1 aromatic carbocycles. The van der Waals surface area contributed by atoms with Crippen molar-refractivity contribution in [2.24, 2.45) is 0 Å². The molecule has 1 heterocycles. The van der Waals surface area contributed by atoms with E-state index in [9.17, 15) is 0 Å². The third-order valence-electron chi connectivity index (χ3n) is 2.80. The average Bonchev–Trinajstić information content (AvgIpc) is 2.98. The Bertz CT molecular complexity index is 619. The fourth-order valence-electron chi connectivity index (χ4n) is 1.76. The third-order valence-corrected chi connectivity index (χ3v) is 3.42. The van der Waals surface area contributed by atoms with Crippen molar-refractivity contribution in [2.45, 2.75) is 13.0 Å². The number of furan rings is 1. The summed E-state index contributed by atoms with van der Waals surface area (Å²) in [5.41, 5.74) is 0.853. The van der Waals surface area contributed by atoms with Gasteiger partial charge < -0.3 is 14.6 Å². The monoisotopic (exact) mass is 319 g/mol. The molecule has 1 N–H and O–H groups in total.